The molecule has 0 aromatic heterocycles. The Morgan fingerprint density at radius 1 is 1.26 bits per heavy atom. The molecule has 0 aliphatic carbocycles. The van der Waals surface area contributed by atoms with Crippen molar-refractivity contribution < 1.29 is 5.11 Å². The van der Waals surface area contributed by atoms with Crippen LogP contribution in [0.3, 0.4) is 0 Å². The molecule has 0 spiro atoms. The smallest absolute Gasteiger partial charge is 0.115 e. The molecule has 108 valence electrons. The van der Waals surface area contributed by atoms with Gasteiger partial charge in [0.05, 0.1) is 5.60 Å². The summed E-state index contributed by atoms with van der Waals surface area (Å²) in [5, 5.41) is 9.80. The molecule has 0 aromatic carbocycles. The second-order valence-electron chi connectivity index (χ2n) is 5.77. The van der Waals surface area contributed by atoms with E-state index < -0.39 is 5.60 Å². The summed E-state index contributed by atoms with van der Waals surface area (Å²) in [6.07, 6.45) is 1.67. The highest BCUT2D eigenvalue weighted by Gasteiger charge is 2.22. The van der Waals surface area contributed by atoms with Crippen molar-refractivity contribution in [3.05, 3.63) is 24.6 Å². The number of β-amino-alcohol motifs (C(OH)–C–C–N with tert-alkyl or cyclic N) is 1. The van der Waals surface area contributed by atoms with E-state index in [1.54, 1.807) is 6.21 Å². The normalized spacial score (nSPS) is 18.9. The van der Waals surface area contributed by atoms with Gasteiger partial charge in [0.25, 0.3) is 0 Å². The molecular weight excluding hydrogens is 240 g/mol. The summed E-state index contributed by atoms with van der Waals surface area (Å²) in [6, 6.07) is 0. The zero-order chi connectivity index (χ0) is 14.5. The fraction of sp³-hybridized carbons (Fsp3) is 0.643. The van der Waals surface area contributed by atoms with Gasteiger partial charge >= 0.3 is 0 Å². The van der Waals surface area contributed by atoms with E-state index in [0.29, 0.717) is 5.82 Å². The van der Waals surface area contributed by atoms with Gasteiger partial charge in [0.2, 0.25) is 0 Å². The van der Waals surface area contributed by atoms with Crippen LogP contribution < -0.4 is 5.73 Å². The van der Waals surface area contributed by atoms with Crippen molar-refractivity contribution >= 4 is 6.21 Å². The molecule has 0 radical (unpaired) electrons. The molecule has 1 rings (SSSR count). The summed E-state index contributed by atoms with van der Waals surface area (Å²) in [4.78, 5) is 8.56. The maximum atomic E-state index is 9.80. The molecule has 0 aromatic rings. The average Bonchev–Trinajstić information content (AvgIpc) is 2.27. The predicted octanol–water partition coefficient (Wildman–Crippen LogP) is 0.432. The molecule has 1 aliphatic rings. The molecule has 1 aliphatic heterocycles. The Morgan fingerprint density at radius 3 is 2.26 bits per heavy atom. The second-order valence-corrected chi connectivity index (χ2v) is 5.77. The standard InChI is InChI=1S/C14H26N4O/c1-12(9-16-13(2)15)10-17-5-7-18(8-6-17)11-14(3,4)19/h9,19H,1-2,5-8,10-11,15H2,3-4H3/b16-9-. The molecule has 1 saturated heterocycles. The quantitative estimate of drug-likeness (QED) is 0.684. The van der Waals surface area contributed by atoms with Gasteiger partial charge < -0.3 is 10.8 Å². The molecule has 1 heterocycles. The monoisotopic (exact) mass is 266 g/mol. The van der Waals surface area contributed by atoms with Gasteiger partial charge in [0, 0.05) is 45.5 Å². The van der Waals surface area contributed by atoms with Gasteiger partial charge in [-0.15, -0.1) is 0 Å². The lowest BCUT2D eigenvalue weighted by molar-refractivity contribution is 0.0192. The Labute approximate surface area is 116 Å². The molecule has 5 nitrogen and oxygen atoms in total. The number of rotatable bonds is 6. The van der Waals surface area contributed by atoms with Crippen LogP contribution in [0.25, 0.3) is 0 Å². The van der Waals surface area contributed by atoms with Crippen molar-refractivity contribution in [3.8, 4) is 0 Å². The van der Waals surface area contributed by atoms with E-state index in [-0.39, 0.29) is 0 Å². The molecule has 0 atom stereocenters. The number of nitrogens with two attached hydrogens (primary N) is 1. The highest BCUT2D eigenvalue weighted by molar-refractivity contribution is 5.78. The summed E-state index contributed by atoms with van der Waals surface area (Å²) < 4.78 is 0. The Morgan fingerprint density at radius 2 is 1.79 bits per heavy atom. The van der Waals surface area contributed by atoms with Crippen molar-refractivity contribution in [2.75, 3.05) is 39.3 Å². The third kappa shape index (κ3) is 7.10. The number of aliphatic imine (C=N–C) groups is 1. The lowest BCUT2D eigenvalue weighted by atomic mass is 10.1. The van der Waals surface area contributed by atoms with Crippen molar-refractivity contribution in [2.45, 2.75) is 19.4 Å². The zero-order valence-corrected chi connectivity index (χ0v) is 12.1. The summed E-state index contributed by atoms with van der Waals surface area (Å²) in [6.45, 7) is 16.6. The van der Waals surface area contributed by atoms with Crippen LogP contribution in [0.15, 0.2) is 29.5 Å². The van der Waals surface area contributed by atoms with Crippen molar-refractivity contribution in [1.29, 1.82) is 0 Å². The van der Waals surface area contributed by atoms with Crippen LogP contribution in [-0.4, -0.2) is 66.0 Å². The third-order valence-electron chi connectivity index (χ3n) is 2.92. The number of aliphatic hydroxyl groups is 1. The minimum Gasteiger partial charge on any atom is -0.389 e. The highest BCUT2D eigenvalue weighted by atomic mass is 16.3. The lowest BCUT2D eigenvalue weighted by Crippen LogP contribution is -2.50. The van der Waals surface area contributed by atoms with E-state index in [1.165, 1.54) is 0 Å². The van der Waals surface area contributed by atoms with Crippen LogP contribution in [0.1, 0.15) is 13.8 Å². The Hall–Kier alpha value is -1.17. The van der Waals surface area contributed by atoms with E-state index in [2.05, 4.69) is 28.0 Å². The maximum Gasteiger partial charge on any atom is 0.115 e. The van der Waals surface area contributed by atoms with Gasteiger partial charge in [0.15, 0.2) is 0 Å². The number of hydrogen-bond acceptors (Lipinski definition) is 5. The van der Waals surface area contributed by atoms with E-state index in [9.17, 15) is 5.11 Å². The van der Waals surface area contributed by atoms with Crippen molar-refractivity contribution in [3.63, 3.8) is 0 Å². The van der Waals surface area contributed by atoms with E-state index >= 15 is 0 Å². The van der Waals surface area contributed by atoms with Gasteiger partial charge in [-0.25, -0.2) is 4.99 Å². The van der Waals surface area contributed by atoms with Crippen LogP contribution in [0.5, 0.6) is 0 Å². The molecule has 0 saturated carbocycles. The van der Waals surface area contributed by atoms with Crippen LogP contribution in [0, 0.1) is 0 Å². The van der Waals surface area contributed by atoms with E-state index in [4.69, 9.17) is 5.73 Å². The lowest BCUT2D eigenvalue weighted by Gasteiger charge is -2.37. The summed E-state index contributed by atoms with van der Waals surface area (Å²) in [5.74, 6) is 0.302. The van der Waals surface area contributed by atoms with Crippen molar-refractivity contribution in [1.82, 2.24) is 9.80 Å². The van der Waals surface area contributed by atoms with Gasteiger partial charge in [-0.2, -0.15) is 0 Å². The summed E-state index contributed by atoms with van der Waals surface area (Å²) in [5.41, 5.74) is 5.68. The summed E-state index contributed by atoms with van der Waals surface area (Å²) >= 11 is 0. The SMILES string of the molecule is C=C(/C=N\C(=C)N)CN1CCN(CC(C)(C)O)CC1. The topological polar surface area (TPSA) is 65.1 Å². The van der Waals surface area contributed by atoms with E-state index in [1.807, 2.05) is 13.8 Å². The molecule has 5 heteroatoms. The maximum absolute atomic E-state index is 9.80. The first-order valence-corrected chi connectivity index (χ1v) is 6.59. The number of hydrogen-bond donors (Lipinski definition) is 2. The van der Waals surface area contributed by atoms with Crippen molar-refractivity contribution in [2.24, 2.45) is 10.7 Å². The Bertz CT molecular complexity index is 349. The highest BCUT2D eigenvalue weighted by Crippen LogP contribution is 2.09. The Balaban J connectivity index is 2.30. The Kier molecular flexibility index (Phi) is 5.72. The van der Waals surface area contributed by atoms with Gasteiger partial charge in [-0.1, -0.05) is 13.2 Å². The first-order valence-electron chi connectivity index (χ1n) is 6.59. The third-order valence-corrected chi connectivity index (χ3v) is 2.92. The minimum absolute atomic E-state index is 0.302. The van der Waals surface area contributed by atoms with E-state index in [0.717, 1.165) is 44.8 Å². The fourth-order valence-electron chi connectivity index (χ4n) is 2.15. The minimum atomic E-state index is -0.625. The van der Waals surface area contributed by atoms with Crippen LogP contribution in [0.4, 0.5) is 0 Å². The van der Waals surface area contributed by atoms with Gasteiger partial charge in [-0.05, 0) is 19.4 Å². The summed E-state index contributed by atoms with van der Waals surface area (Å²) in [7, 11) is 0. The molecule has 0 unspecified atom stereocenters. The first kappa shape index (κ1) is 15.9. The molecule has 1 fully saturated rings. The molecule has 3 N–H and O–H groups in total. The molecule has 0 bridgehead atoms. The average molecular weight is 266 g/mol. The molecule has 19 heavy (non-hydrogen) atoms. The molecule has 0 amide bonds. The van der Waals surface area contributed by atoms with Crippen LogP contribution in [0.2, 0.25) is 0 Å². The largest absolute Gasteiger partial charge is 0.389 e. The van der Waals surface area contributed by atoms with Crippen LogP contribution in [-0.2, 0) is 0 Å². The predicted molar refractivity (Wildman–Crippen MR) is 80.1 cm³/mol. The number of nitrogens with zero attached hydrogens (tertiary/aromatic N) is 3. The van der Waals surface area contributed by atoms with Gasteiger partial charge in [0.1, 0.15) is 5.82 Å². The van der Waals surface area contributed by atoms with Gasteiger partial charge in [-0.3, -0.25) is 9.80 Å². The fourth-order valence-corrected chi connectivity index (χ4v) is 2.15. The number of piperazine rings is 1. The second kappa shape index (κ2) is 6.84. The van der Waals surface area contributed by atoms with Crippen LogP contribution >= 0.6 is 0 Å². The molecular formula is C14H26N4O. The zero-order valence-electron chi connectivity index (χ0n) is 12.1. The first-order chi connectivity index (χ1) is 8.76.